The van der Waals surface area contributed by atoms with Crippen LogP contribution >= 0.6 is 80.0 Å². The Morgan fingerprint density at radius 3 is 2.35 bits per heavy atom. The second kappa shape index (κ2) is 8.42. The van der Waals surface area contributed by atoms with Crippen molar-refractivity contribution in [3.63, 3.8) is 0 Å². The lowest BCUT2D eigenvalue weighted by Crippen LogP contribution is -2.49. The van der Waals surface area contributed by atoms with E-state index < -0.39 is 9.96 Å². The molecule has 2 rings (SSSR count). The number of halogens is 5. The van der Waals surface area contributed by atoms with Gasteiger partial charge in [0.15, 0.2) is 0 Å². The molecule has 0 aliphatic carbocycles. The number of nitrogens with one attached hydrogen (secondary N) is 2. The summed E-state index contributed by atoms with van der Waals surface area (Å²) in [5.41, 5.74) is 1.27. The molecule has 0 saturated carbocycles. The molecule has 0 bridgehead atoms. The van der Waals surface area contributed by atoms with E-state index in [0.717, 1.165) is 12.8 Å². The number of hydrogen-bond donors (Lipinski definition) is 2. The highest BCUT2D eigenvalue weighted by Crippen LogP contribution is 2.32. The van der Waals surface area contributed by atoms with E-state index >= 15 is 0 Å². The minimum atomic E-state index is -1.71. The maximum absolute atomic E-state index is 12.4. The Bertz CT molecular complexity index is 707. The number of hydrogen-bond acceptors (Lipinski definition) is 2. The molecule has 0 aromatic heterocycles. The molecular formula is C15H11Cl3I2N2O. The van der Waals surface area contributed by atoms with Crippen molar-refractivity contribution in [3.05, 3.63) is 61.2 Å². The Morgan fingerprint density at radius 1 is 1.04 bits per heavy atom. The first-order chi connectivity index (χ1) is 10.8. The Morgan fingerprint density at radius 2 is 1.74 bits per heavy atom. The van der Waals surface area contributed by atoms with Crippen LogP contribution in [0, 0.1) is 7.14 Å². The maximum Gasteiger partial charge on any atom is 0.253 e. The van der Waals surface area contributed by atoms with Gasteiger partial charge < -0.3 is 10.6 Å². The van der Waals surface area contributed by atoms with Crippen LogP contribution in [0.25, 0.3) is 0 Å². The summed E-state index contributed by atoms with van der Waals surface area (Å²) in [5.74, 6) is -0.321. The number of alkyl halides is 3. The van der Waals surface area contributed by atoms with Gasteiger partial charge in [0.05, 0.1) is 0 Å². The van der Waals surface area contributed by atoms with Crippen molar-refractivity contribution in [1.29, 1.82) is 0 Å². The average molecular weight is 595 g/mol. The number of rotatable bonds is 4. The molecule has 0 saturated heterocycles. The van der Waals surface area contributed by atoms with Gasteiger partial charge in [-0.2, -0.15) is 0 Å². The van der Waals surface area contributed by atoms with Gasteiger partial charge in [0.25, 0.3) is 5.91 Å². The Kier molecular flexibility index (Phi) is 7.09. The quantitative estimate of drug-likeness (QED) is 0.281. The third-order valence-corrected chi connectivity index (χ3v) is 5.13. The largest absolute Gasteiger partial charge is 0.361 e. The highest BCUT2D eigenvalue weighted by atomic mass is 127. The van der Waals surface area contributed by atoms with Gasteiger partial charge in [-0.15, -0.1) is 0 Å². The zero-order chi connectivity index (χ0) is 17.0. The first kappa shape index (κ1) is 19.4. The number of carbonyl (C=O) groups excluding carboxylic acids is 1. The predicted octanol–water partition coefficient (Wildman–Crippen LogP) is 5.43. The average Bonchev–Trinajstić information content (AvgIpc) is 2.47. The lowest BCUT2D eigenvalue weighted by molar-refractivity contribution is 0.0942. The molecule has 2 aromatic carbocycles. The fraction of sp³-hybridized carbons (Fsp3) is 0.133. The van der Waals surface area contributed by atoms with Crippen LogP contribution in [-0.4, -0.2) is 15.9 Å². The Labute approximate surface area is 176 Å². The van der Waals surface area contributed by atoms with Crippen molar-refractivity contribution in [2.45, 2.75) is 9.96 Å². The van der Waals surface area contributed by atoms with Crippen molar-refractivity contribution in [3.8, 4) is 0 Å². The summed E-state index contributed by atoms with van der Waals surface area (Å²) < 4.78 is 0.190. The van der Waals surface area contributed by atoms with Crippen molar-refractivity contribution < 1.29 is 4.79 Å². The highest BCUT2D eigenvalue weighted by Gasteiger charge is 2.34. The molecule has 0 heterocycles. The first-order valence-electron chi connectivity index (χ1n) is 6.41. The van der Waals surface area contributed by atoms with Crippen LogP contribution in [0.4, 0.5) is 5.69 Å². The number of benzene rings is 2. The first-order valence-corrected chi connectivity index (χ1v) is 9.71. The molecule has 3 nitrogen and oxygen atoms in total. The fourth-order valence-corrected chi connectivity index (χ4v) is 3.19. The summed E-state index contributed by atoms with van der Waals surface area (Å²) >= 11 is 22.3. The van der Waals surface area contributed by atoms with Crippen molar-refractivity contribution in [2.24, 2.45) is 0 Å². The summed E-state index contributed by atoms with van der Waals surface area (Å²) in [4.78, 5) is 12.4. The van der Waals surface area contributed by atoms with Gasteiger partial charge in [-0.25, -0.2) is 0 Å². The van der Waals surface area contributed by atoms with Crippen LogP contribution < -0.4 is 10.6 Å². The summed E-state index contributed by atoms with van der Waals surface area (Å²) in [6, 6.07) is 14.7. The minimum absolute atomic E-state index is 0.321. The molecule has 0 fully saturated rings. The maximum atomic E-state index is 12.4. The van der Waals surface area contributed by atoms with Gasteiger partial charge in [0.1, 0.15) is 6.17 Å². The van der Waals surface area contributed by atoms with Crippen LogP contribution in [0.1, 0.15) is 10.4 Å². The standard InChI is InChI=1S/C15H11Cl3I2N2O/c16-15(17,18)14(21-12-7-2-1-6-11(12)20)22-13(23)9-4-3-5-10(19)8-9/h1-8,14,21H,(H,22,23)/t14-/m1/s1. The second-order valence-electron chi connectivity index (χ2n) is 4.58. The summed E-state index contributed by atoms with van der Waals surface area (Å²) in [6.07, 6.45) is -0.881. The third-order valence-electron chi connectivity index (χ3n) is 2.86. The molecule has 0 aliphatic heterocycles. The van der Waals surface area contributed by atoms with E-state index in [1.165, 1.54) is 0 Å². The summed E-state index contributed by atoms with van der Waals surface area (Å²) in [7, 11) is 0. The number of anilines is 1. The predicted molar refractivity (Wildman–Crippen MR) is 113 cm³/mol. The van der Waals surface area contributed by atoms with E-state index in [4.69, 9.17) is 34.8 Å². The van der Waals surface area contributed by atoms with Gasteiger partial charge in [-0.05, 0) is 75.5 Å². The Hall–Kier alpha value is 0.0400. The van der Waals surface area contributed by atoms with Crippen LogP contribution in [0.2, 0.25) is 0 Å². The molecule has 0 aliphatic rings. The van der Waals surface area contributed by atoms with Crippen LogP contribution in [0.5, 0.6) is 0 Å². The van der Waals surface area contributed by atoms with Gasteiger partial charge in [0.2, 0.25) is 3.79 Å². The lowest BCUT2D eigenvalue weighted by atomic mass is 10.2. The number of carbonyl (C=O) groups is 1. The van der Waals surface area contributed by atoms with E-state index in [1.54, 1.807) is 18.2 Å². The van der Waals surface area contributed by atoms with Crippen LogP contribution in [-0.2, 0) is 0 Å². The van der Waals surface area contributed by atoms with E-state index in [-0.39, 0.29) is 5.91 Å². The molecule has 2 N–H and O–H groups in total. The molecule has 1 amide bonds. The zero-order valence-corrected chi connectivity index (χ0v) is 18.1. The van der Waals surface area contributed by atoms with E-state index in [2.05, 4.69) is 55.8 Å². The van der Waals surface area contributed by atoms with E-state index in [9.17, 15) is 4.79 Å². The lowest BCUT2D eigenvalue weighted by Gasteiger charge is -2.28. The van der Waals surface area contributed by atoms with Crippen molar-refractivity contribution >= 4 is 91.6 Å². The van der Waals surface area contributed by atoms with Gasteiger partial charge in [-0.3, -0.25) is 4.79 Å². The van der Waals surface area contributed by atoms with Gasteiger partial charge in [0, 0.05) is 18.4 Å². The molecule has 0 spiro atoms. The molecule has 23 heavy (non-hydrogen) atoms. The van der Waals surface area contributed by atoms with E-state index in [0.29, 0.717) is 5.56 Å². The zero-order valence-electron chi connectivity index (χ0n) is 11.5. The monoisotopic (exact) mass is 594 g/mol. The highest BCUT2D eigenvalue weighted by molar-refractivity contribution is 14.1. The third kappa shape index (κ3) is 5.81. The Balaban J connectivity index is 2.20. The summed E-state index contributed by atoms with van der Waals surface area (Å²) in [6.45, 7) is 0. The molecule has 0 unspecified atom stereocenters. The molecular weight excluding hydrogens is 584 g/mol. The number of amides is 1. The second-order valence-corrected chi connectivity index (χ2v) is 9.36. The van der Waals surface area contributed by atoms with Gasteiger partial charge >= 0.3 is 0 Å². The molecule has 1 atom stereocenters. The van der Waals surface area contributed by atoms with E-state index in [1.807, 2.05) is 30.3 Å². The summed E-state index contributed by atoms with van der Waals surface area (Å²) in [5, 5.41) is 5.79. The molecule has 122 valence electrons. The SMILES string of the molecule is O=C(N[C@@H](Nc1ccccc1I)C(Cl)(Cl)Cl)c1cccc(I)c1. The molecule has 0 radical (unpaired) electrons. The normalized spacial score (nSPS) is 12.6. The van der Waals surface area contributed by atoms with Gasteiger partial charge in [-0.1, -0.05) is 53.0 Å². The minimum Gasteiger partial charge on any atom is -0.361 e. The number of para-hydroxylation sites is 1. The van der Waals surface area contributed by atoms with Crippen LogP contribution in [0.15, 0.2) is 48.5 Å². The van der Waals surface area contributed by atoms with Crippen molar-refractivity contribution in [2.75, 3.05) is 5.32 Å². The smallest absolute Gasteiger partial charge is 0.253 e. The fourth-order valence-electron chi connectivity index (χ4n) is 1.78. The van der Waals surface area contributed by atoms with Crippen LogP contribution in [0.3, 0.4) is 0 Å². The molecule has 8 heteroatoms. The topological polar surface area (TPSA) is 41.1 Å². The van der Waals surface area contributed by atoms with Crippen molar-refractivity contribution in [1.82, 2.24) is 5.32 Å². The molecule has 2 aromatic rings.